The summed E-state index contributed by atoms with van der Waals surface area (Å²) < 4.78 is 32.5. The van der Waals surface area contributed by atoms with Crippen LogP contribution in [0.15, 0.2) is 48.6 Å². The summed E-state index contributed by atoms with van der Waals surface area (Å²) in [5.74, 6) is -0.987. The maximum atomic E-state index is 12.5. The molecule has 0 heterocycles. The number of amides is 1. The van der Waals surface area contributed by atoms with Gasteiger partial charge in [-0.1, -0.05) is 204 Å². The van der Waals surface area contributed by atoms with Crippen LogP contribution >= 0.6 is 0 Å². The van der Waals surface area contributed by atoms with Gasteiger partial charge in [0.15, 0.2) is 0 Å². The lowest BCUT2D eigenvalue weighted by atomic mass is 10.0. The van der Waals surface area contributed by atoms with Crippen molar-refractivity contribution < 1.29 is 22.9 Å². The Balaban J connectivity index is 3.89. The zero-order chi connectivity index (χ0) is 38.9. The molecule has 6 nitrogen and oxygen atoms in total. The standard InChI is InChI=1S/C46H85NO5S/c1-3-5-7-9-11-13-15-17-19-20-21-22-23-24-25-26-28-30-32-34-36-38-40-42-46(49)47-44(43-53(50,51)52)45(48)41-39-37-35-33-31-29-27-18-16-14-12-10-8-6-4-2/h15,17,20-21,23-24,39,41,44-45,48H,3-14,16,18-19,22,25-38,40,42-43H2,1-2H3,(H,47,49)(H,50,51,52)/b17-15-,21-20-,24-23-,41-39+. The molecule has 0 rings (SSSR count). The molecule has 0 bridgehead atoms. The first kappa shape index (κ1) is 51.3. The Kier molecular flexibility index (Phi) is 38.7. The molecule has 0 fully saturated rings. The maximum Gasteiger partial charge on any atom is 0.267 e. The lowest BCUT2D eigenvalue weighted by Gasteiger charge is -2.21. The summed E-state index contributed by atoms with van der Waals surface area (Å²) in [6.45, 7) is 4.52. The summed E-state index contributed by atoms with van der Waals surface area (Å²) in [5, 5.41) is 13.2. The van der Waals surface area contributed by atoms with Crippen LogP contribution in [0.2, 0.25) is 0 Å². The van der Waals surface area contributed by atoms with Gasteiger partial charge in [-0.25, -0.2) is 0 Å². The number of aliphatic hydroxyl groups excluding tert-OH is 1. The minimum Gasteiger partial charge on any atom is -0.387 e. The van der Waals surface area contributed by atoms with Crippen LogP contribution in [0, 0.1) is 0 Å². The van der Waals surface area contributed by atoms with Gasteiger partial charge in [-0.15, -0.1) is 0 Å². The van der Waals surface area contributed by atoms with Crippen molar-refractivity contribution in [2.75, 3.05) is 5.75 Å². The fraction of sp³-hybridized carbons (Fsp3) is 0.804. The average Bonchev–Trinajstić information content (AvgIpc) is 3.12. The molecule has 0 aliphatic heterocycles. The highest BCUT2D eigenvalue weighted by Crippen LogP contribution is 2.14. The van der Waals surface area contributed by atoms with Crippen molar-refractivity contribution in [1.82, 2.24) is 5.32 Å². The number of unbranched alkanes of at least 4 members (excludes halogenated alkanes) is 26. The summed E-state index contributed by atoms with van der Waals surface area (Å²) in [6, 6.07) is -1.06. The monoisotopic (exact) mass is 764 g/mol. The molecule has 7 heteroatoms. The number of allylic oxidation sites excluding steroid dienone is 7. The van der Waals surface area contributed by atoms with E-state index in [1.54, 1.807) is 6.08 Å². The molecule has 0 aliphatic rings. The van der Waals surface area contributed by atoms with E-state index in [1.807, 2.05) is 6.08 Å². The fourth-order valence-electron chi connectivity index (χ4n) is 6.63. The maximum absolute atomic E-state index is 12.5. The molecule has 3 N–H and O–H groups in total. The largest absolute Gasteiger partial charge is 0.387 e. The van der Waals surface area contributed by atoms with Gasteiger partial charge in [0.1, 0.15) is 0 Å². The van der Waals surface area contributed by atoms with Gasteiger partial charge in [-0.3, -0.25) is 9.35 Å². The zero-order valence-electron chi connectivity index (χ0n) is 34.6. The van der Waals surface area contributed by atoms with E-state index in [-0.39, 0.29) is 12.3 Å². The molecule has 0 spiro atoms. The Labute approximate surface area is 329 Å². The minimum atomic E-state index is -4.35. The van der Waals surface area contributed by atoms with Gasteiger partial charge < -0.3 is 10.4 Å². The number of carbonyl (C=O) groups is 1. The highest BCUT2D eigenvalue weighted by atomic mass is 32.2. The highest BCUT2D eigenvalue weighted by molar-refractivity contribution is 7.85. The summed E-state index contributed by atoms with van der Waals surface area (Å²) >= 11 is 0. The van der Waals surface area contributed by atoms with Crippen LogP contribution in [0.5, 0.6) is 0 Å². The normalized spacial score (nSPS) is 13.7. The van der Waals surface area contributed by atoms with E-state index in [9.17, 15) is 22.9 Å². The van der Waals surface area contributed by atoms with Crippen LogP contribution in [0.25, 0.3) is 0 Å². The molecule has 0 saturated heterocycles. The first-order valence-corrected chi connectivity index (χ1v) is 23.9. The molecular formula is C46H85NO5S. The van der Waals surface area contributed by atoms with Gasteiger partial charge in [0.25, 0.3) is 10.1 Å². The Hall–Kier alpha value is -1.70. The molecule has 2 unspecified atom stereocenters. The van der Waals surface area contributed by atoms with Crippen molar-refractivity contribution in [3.8, 4) is 0 Å². The van der Waals surface area contributed by atoms with E-state index in [1.165, 1.54) is 135 Å². The number of hydrogen-bond acceptors (Lipinski definition) is 4. The lowest BCUT2D eigenvalue weighted by Crippen LogP contribution is -2.46. The number of nitrogens with one attached hydrogen (secondary N) is 1. The Morgan fingerprint density at radius 2 is 0.849 bits per heavy atom. The molecule has 0 aromatic carbocycles. The second kappa shape index (κ2) is 40.0. The van der Waals surface area contributed by atoms with E-state index >= 15 is 0 Å². The van der Waals surface area contributed by atoms with Gasteiger partial charge in [0.2, 0.25) is 5.91 Å². The third-order valence-corrected chi connectivity index (χ3v) is 10.8. The summed E-state index contributed by atoms with van der Waals surface area (Å²) in [5.41, 5.74) is 0. The smallest absolute Gasteiger partial charge is 0.267 e. The first-order chi connectivity index (χ1) is 25.8. The minimum absolute atomic E-state index is 0.286. The molecular weight excluding hydrogens is 679 g/mol. The summed E-state index contributed by atoms with van der Waals surface area (Å²) in [4.78, 5) is 12.5. The first-order valence-electron chi connectivity index (χ1n) is 22.3. The van der Waals surface area contributed by atoms with E-state index in [0.29, 0.717) is 0 Å². The van der Waals surface area contributed by atoms with Crippen molar-refractivity contribution in [2.45, 2.75) is 231 Å². The van der Waals surface area contributed by atoms with Crippen LogP contribution in [0.4, 0.5) is 0 Å². The number of aliphatic hydroxyl groups is 1. The lowest BCUT2D eigenvalue weighted by molar-refractivity contribution is -0.122. The van der Waals surface area contributed by atoms with Gasteiger partial charge in [-0.05, 0) is 57.8 Å². The van der Waals surface area contributed by atoms with E-state index < -0.39 is 28.0 Å². The number of hydrogen-bond donors (Lipinski definition) is 3. The zero-order valence-corrected chi connectivity index (χ0v) is 35.5. The summed E-state index contributed by atoms with van der Waals surface area (Å²) in [6.07, 6.45) is 53.8. The molecule has 0 aromatic rings. The third-order valence-electron chi connectivity index (χ3n) is 10.00. The Bertz CT molecular complexity index is 1020. The van der Waals surface area contributed by atoms with Gasteiger partial charge >= 0.3 is 0 Å². The van der Waals surface area contributed by atoms with Crippen molar-refractivity contribution in [3.63, 3.8) is 0 Å². The van der Waals surface area contributed by atoms with Crippen LogP contribution < -0.4 is 5.32 Å². The average molecular weight is 764 g/mol. The van der Waals surface area contributed by atoms with Crippen LogP contribution in [-0.2, 0) is 14.9 Å². The van der Waals surface area contributed by atoms with Crippen molar-refractivity contribution >= 4 is 16.0 Å². The molecule has 0 aromatic heterocycles. The van der Waals surface area contributed by atoms with Gasteiger partial charge in [-0.2, -0.15) is 8.42 Å². The van der Waals surface area contributed by atoms with Crippen molar-refractivity contribution in [3.05, 3.63) is 48.6 Å². The number of rotatable bonds is 40. The predicted octanol–water partition coefficient (Wildman–Crippen LogP) is 13.5. The molecule has 1 amide bonds. The Morgan fingerprint density at radius 3 is 1.25 bits per heavy atom. The quantitative estimate of drug-likeness (QED) is 0.0327. The highest BCUT2D eigenvalue weighted by Gasteiger charge is 2.24. The van der Waals surface area contributed by atoms with E-state index in [2.05, 4.69) is 55.6 Å². The van der Waals surface area contributed by atoms with Crippen molar-refractivity contribution in [2.24, 2.45) is 0 Å². The van der Waals surface area contributed by atoms with Crippen LogP contribution in [0.3, 0.4) is 0 Å². The van der Waals surface area contributed by atoms with Crippen LogP contribution in [0.1, 0.15) is 219 Å². The molecule has 0 saturated carbocycles. The van der Waals surface area contributed by atoms with Crippen molar-refractivity contribution in [1.29, 1.82) is 0 Å². The topological polar surface area (TPSA) is 104 Å². The summed E-state index contributed by atoms with van der Waals surface area (Å²) in [7, 11) is -4.35. The predicted molar refractivity (Wildman–Crippen MR) is 230 cm³/mol. The second-order valence-electron chi connectivity index (χ2n) is 15.3. The SMILES string of the molecule is CCCCCCC/C=C\C/C=C\C/C=C\CCCCCCCCCCC(=O)NC(CS(=O)(=O)O)C(O)/C=C/CCCCCCCCCCCCCCC. The molecule has 310 valence electrons. The van der Waals surface area contributed by atoms with Gasteiger partial charge in [0.05, 0.1) is 17.9 Å². The molecule has 53 heavy (non-hydrogen) atoms. The molecule has 0 aliphatic carbocycles. The van der Waals surface area contributed by atoms with Gasteiger partial charge in [0, 0.05) is 6.42 Å². The van der Waals surface area contributed by atoms with Crippen LogP contribution in [-0.4, -0.2) is 41.9 Å². The van der Waals surface area contributed by atoms with E-state index in [0.717, 1.165) is 64.2 Å². The van der Waals surface area contributed by atoms with E-state index in [4.69, 9.17) is 0 Å². The third kappa shape index (κ3) is 41.3. The molecule has 0 radical (unpaired) electrons. The Morgan fingerprint density at radius 1 is 0.509 bits per heavy atom. The number of carbonyl (C=O) groups excluding carboxylic acids is 1. The second-order valence-corrected chi connectivity index (χ2v) is 16.8. The molecule has 2 atom stereocenters. The fourth-order valence-corrected chi connectivity index (χ4v) is 7.37.